The minimum atomic E-state index is 0. The average molecular weight is 572 g/mol. The maximum absolute atomic E-state index is 4.97. The van der Waals surface area contributed by atoms with Gasteiger partial charge in [0, 0.05) is 38.2 Å². The highest BCUT2D eigenvalue weighted by Crippen LogP contribution is 2.52. The van der Waals surface area contributed by atoms with Gasteiger partial charge in [0.25, 0.3) is 0 Å². The molecule has 1 fully saturated rings. The van der Waals surface area contributed by atoms with Crippen molar-refractivity contribution < 1.29 is 0 Å². The van der Waals surface area contributed by atoms with Crippen molar-refractivity contribution in [1.29, 1.82) is 0 Å². The molecular weight excluding hydrogens is 530 g/mol. The van der Waals surface area contributed by atoms with Crippen molar-refractivity contribution >= 4 is 52.5 Å². The zero-order chi connectivity index (χ0) is 27.6. The number of imidazole rings is 1. The van der Waals surface area contributed by atoms with Crippen LogP contribution in [0.1, 0.15) is 51.5 Å². The van der Waals surface area contributed by atoms with E-state index in [1.807, 2.05) is 13.1 Å². The minimum Gasteiger partial charge on any atom is -0.352 e. The maximum atomic E-state index is 4.97. The molecule has 8 heteroatoms. The van der Waals surface area contributed by atoms with E-state index in [4.69, 9.17) is 9.97 Å². The molecule has 2 heterocycles. The zero-order valence-electron chi connectivity index (χ0n) is 24.6. The van der Waals surface area contributed by atoms with Gasteiger partial charge < -0.3 is 20.1 Å². The summed E-state index contributed by atoms with van der Waals surface area (Å²) >= 11 is 0. The highest BCUT2D eigenvalue weighted by molar-refractivity contribution is 5.85. The fourth-order valence-electron chi connectivity index (χ4n) is 6.27. The van der Waals surface area contributed by atoms with E-state index in [-0.39, 0.29) is 12.4 Å². The molecular formula is C33H42ClN7. The van der Waals surface area contributed by atoms with Crippen LogP contribution in [0.25, 0.3) is 11.0 Å². The minimum absolute atomic E-state index is 0. The van der Waals surface area contributed by atoms with E-state index in [9.17, 15) is 0 Å². The van der Waals surface area contributed by atoms with Crippen LogP contribution in [0, 0.1) is 17.8 Å². The van der Waals surface area contributed by atoms with Crippen molar-refractivity contribution in [2.24, 2.45) is 24.8 Å². The standard InChI is InChI=1S/C33H41N7.ClH/c1-5-7-24-11-8-23(18-25-19-28(24)25)21-35-33-37-29-20-27(14-15-30(29)40(33)4)39(3)31-16-17-34-32(38-31)36-26-12-9-22(6-2)10-13-26;/h8-10,12-17,20,24-25,28H,5-7,11,18-19,21H2,1-4H3,(H,35,37)(H,34,36,38);1H. The Bertz CT molecular complexity index is 1510. The number of hydrogen-bond acceptors (Lipinski definition) is 6. The molecule has 2 N–H and O–H groups in total. The number of hydrogen-bond donors (Lipinski definition) is 2. The Kier molecular flexibility index (Phi) is 8.83. The van der Waals surface area contributed by atoms with Crippen LogP contribution in [-0.4, -0.2) is 33.1 Å². The van der Waals surface area contributed by atoms with Crippen LogP contribution in [0.5, 0.6) is 0 Å². The predicted molar refractivity (Wildman–Crippen MR) is 173 cm³/mol. The number of aryl methyl sites for hydroxylation is 2. The van der Waals surface area contributed by atoms with E-state index in [0.717, 1.165) is 64.9 Å². The molecule has 2 aromatic heterocycles. The Hall–Kier alpha value is -3.58. The van der Waals surface area contributed by atoms with Gasteiger partial charge in [0.1, 0.15) is 5.82 Å². The fourth-order valence-corrected chi connectivity index (χ4v) is 6.27. The summed E-state index contributed by atoms with van der Waals surface area (Å²) in [5, 5.41) is 6.97. The molecule has 4 aromatic rings. The number of halogens is 1. The molecule has 216 valence electrons. The average Bonchev–Trinajstić information content (AvgIpc) is 3.70. The van der Waals surface area contributed by atoms with E-state index in [1.54, 1.807) is 11.8 Å². The summed E-state index contributed by atoms with van der Waals surface area (Å²) < 4.78 is 2.16. The quantitative estimate of drug-likeness (QED) is 0.188. The van der Waals surface area contributed by atoms with Crippen molar-refractivity contribution in [3.8, 4) is 0 Å². The molecule has 7 nitrogen and oxygen atoms in total. The van der Waals surface area contributed by atoms with Gasteiger partial charge in [-0.3, -0.25) is 0 Å². The van der Waals surface area contributed by atoms with E-state index < -0.39 is 0 Å². The summed E-state index contributed by atoms with van der Waals surface area (Å²) in [5.41, 5.74) is 6.94. The first-order chi connectivity index (χ1) is 19.5. The van der Waals surface area contributed by atoms with E-state index in [0.29, 0.717) is 5.95 Å². The number of fused-ring (bicyclic) bond motifs is 2. The monoisotopic (exact) mass is 571 g/mol. The molecule has 0 amide bonds. The van der Waals surface area contributed by atoms with E-state index >= 15 is 0 Å². The van der Waals surface area contributed by atoms with Crippen LogP contribution < -0.4 is 15.5 Å². The predicted octanol–water partition coefficient (Wildman–Crippen LogP) is 8.04. The first kappa shape index (κ1) is 28.9. The number of nitrogens with zero attached hydrogens (tertiary/aromatic N) is 5. The lowest BCUT2D eigenvalue weighted by Gasteiger charge is -2.19. The van der Waals surface area contributed by atoms with Crippen molar-refractivity contribution in [1.82, 2.24) is 19.5 Å². The van der Waals surface area contributed by atoms with Crippen LogP contribution in [0.15, 0.2) is 66.4 Å². The summed E-state index contributed by atoms with van der Waals surface area (Å²) in [5.74, 6) is 5.08. The normalized spacial score (nSPS) is 19.5. The van der Waals surface area contributed by atoms with Gasteiger partial charge in [0.15, 0.2) is 0 Å². The first-order valence-corrected chi connectivity index (χ1v) is 14.8. The lowest BCUT2D eigenvalue weighted by atomic mass is 9.94. The SMILES string of the molecule is CCCC1CC=C(CNc2nc3cc(N(C)c4ccnc(Nc5ccc(CC)cc5)n4)ccc3n2C)CC2CC12.Cl. The molecule has 0 spiro atoms. The molecule has 2 aromatic carbocycles. The number of rotatable bonds is 10. The third kappa shape index (κ3) is 6.35. The van der Waals surface area contributed by atoms with Gasteiger partial charge >= 0.3 is 0 Å². The molecule has 3 unspecified atom stereocenters. The Balaban J connectivity index is 0.00000337. The van der Waals surface area contributed by atoms with Crippen LogP contribution in [0.2, 0.25) is 0 Å². The molecule has 0 saturated heterocycles. The lowest BCUT2D eigenvalue weighted by Crippen LogP contribution is -2.12. The number of nitrogens with one attached hydrogen (secondary N) is 2. The van der Waals surface area contributed by atoms with Crippen molar-refractivity contribution in [3.63, 3.8) is 0 Å². The second kappa shape index (κ2) is 12.5. The van der Waals surface area contributed by atoms with E-state index in [1.165, 1.54) is 37.7 Å². The molecule has 2 aliphatic rings. The summed E-state index contributed by atoms with van der Waals surface area (Å²) in [6, 6.07) is 16.7. The van der Waals surface area contributed by atoms with Crippen LogP contribution >= 0.6 is 12.4 Å². The fraction of sp³-hybridized carbons (Fsp3) is 0.424. The molecule has 0 bridgehead atoms. The Labute approximate surface area is 249 Å². The molecule has 41 heavy (non-hydrogen) atoms. The van der Waals surface area contributed by atoms with Crippen molar-refractivity contribution in [2.45, 2.75) is 52.4 Å². The molecule has 3 atom stereocenters. The third-order valence-electron chi connectivity index (χ3n) is 8.80. The molecule has 1 saturated carbocycles. The van der Waals surface area contributed by atoms with Gasteiger partial charge in [-0.1, -0.05) is 50.5 Å². The lowest BCUT2D eigenvalue weighted by molar-refractivity contribution is 0.412. The summed E-state index contributed by atoms with van der Waals surface area (Å²) in [6.07, 6.45) is 11.9. The number of allylic oxidation sites excluding steroid dienone is 1. The zero-order valence-corrected chi connectivity index (χ0v) is 25.4. The summed E-state index contributed by atoms with van der Waals surface area (Å²) in [4.78, 5) is 16.2. The highest BCUT2D eigenvalue weighted by atomic mass is 35.5. The largest absolute Gasteiger partial charge is 0.352 e. The number of aromatic nitrogens is 4. The number of anilines is 5. The Morgan fingerprint density at radius 2 is 1.88 bits per heavy atom. The third-order valence-corrected chi connectivity index (χ3v) is 8.80. The smallest absolute Gasteiger partial charge is 0.229 e. The Morgan fingerprint density at radius 3 is 2.66 bits per heavy atom. The Morgan fingerprint density at radius 1 is 1.05 bits per heavy atom. The number of benzene rings is 2. The van der Waals surface area contributed by atoms with Gasteiger partial charge in [0.05, 0.1) is 11.0 Å². The topological polar surface area (TPSA) is 70.9 Å². The van der Waals surface area contributed by atoms with Crippen molar-refractivity contribution in [2.75, 3.05) is 29.1 Å². The van der Waals surface area contributed by atoms with Gasteiger partial charge in [-0.05, 0) is 85.4 Å². The molecule has 2 aliphatic carbocycles. The van der Waals surface area contributed by atoms with Crippen molar-refractivity contribution in [3.05, 3.63) is 71.9 Å². The van der Waals surface area contributed by atoms with Gasteiger partial charge in [0.2, 0.25) is 11.9 Å². The maximum Gasteiger partial charge on any atom is 0.229 e. The second-order valence-electron chi connectivity index (χ2n) is 11.5. The molecule has 0 radical (unpaired) electrons. The summed E-state index contributed by atoms with van der Waals surface area (Å²) in [6.45, 7) is 5.35. The summed E-state index contributed by atoms with van der Waals surface area (Å²) in [7, 11) is 4.12. The van der Waals surface area contributed by atoms with Gasteiger partial charge in [-0.2, -0.15) is 4.98 Å². The first-order valence-electron chi connectivity index (χ1n) is 14.8. The second-order valence-corrected chi connectivity index (χ2v) is 11.5. The van der Waals surface area contributed by atoms with Gasteiger partial charge in [-0.15, -0.1) is 12.4 Å². The molecule has 6 rings (SSSR count). The van der Waals surface area contributed by atoms with Crippen LogP contribution in [-0.2, 0) is 13.5 Å². The van der Waals surface area contributed by atoms with E-state index in [2.05, 4.69) is 94.5 Å². The highest BCUT2D eigenvalue weighted by Gasteiger charge is 2.43. The molecule has 0 aliphatic heterocycles. The van der Waals surface area contributed by atoms with Crippen LogP contribution in [0.4, 0.5) is 29.1 Å². The van der Waals surface area contributed by atoms with Crippen LogP contribution in [0.3, 0.4) is 0 Å². The van der Waals surface area contributed by atoms with Gasteiger partial charge in [-0.25, -0.2) is 9.97 Å².